The number of benzene rings is 1. The molecule has 4 heteroatoms. The second-order valence-corrected chi connectivity index (χ2v) is 5.36. The standard InChI is InChI=1S/C17H18N2O2/c20-17(21)13-9-11-19(14-6-2-1-3-7-14)16(12-13)15-8-4-5-10-18-15/h1-8,10,13,16H,9,11-12H2,(H,20,21). The van der Waals surface area contributed by atoms with Crippen molar-refractivity contribution in [3.05, 3.63) is 60.4 Å². The van der Waals surface area contributed by atoms with E-state index in [-0.39, 0.29) is 12.0 Å². The molecule has 1 fully saturated rings. The van der Waals surface area contributed by atoms with Gasteiger partial charge in [0.2, 0.25) is 0 Å². The van der Waals surface area contributed by atoms with Gasteiger partial charge in [0.1, 0.15) is 0 Å². The predicted octanol–water partition coefficient (Wildman–Crippen LogP) is 3.12. The lowest BCUT2D eigenvalue weighted by Gasteiger charge is -2.39. The Morgan fingerprint density at radius 1 is 1.14 bits per heavy atom. The van der Waals surface area contributed by atoms with E-state index in [1.165, 1.54) is 0 Å². The number of rotatable bonds is 3. The molecule has 3 rings (SSSR count). The summed E-state index contributed by atoms with van der Waals surface area (Å²) in [4.78, 5) is 18.0. The van der Waals surface area contributed by atoms with Crippen molar-refractivity contribution in [3.8, 4) is 0 Å². The maximum atomic E-state index is 11.3. The summed E-state index contributed by atoms with van der Waals surface area (Å²) in [5.74, 6) is -0.999. The molecule has 4 nitrogen and oxygen atoms in total. The van der Waals surface area contributed by atoms with Crippen molar-refractivity contribution >= 4 is 11.7 Å². The average molecular weight is 282 g/mol. The first-order chi connectivity index (χ1) is 10.3. The number of hydrogen-bond acceptors (Lipinski definition) is 3. The van der Waals surface area contributed by atoms with Crippen LogP contribution in [0.5, 0.6) is 0 Å². The lowest BCUT2D eigenvalue weighted by Crippen LogP contribution is -2.39. The first-order valence-electron chi connectivity index (χ1n) is 7.21. The molecule has 1 saturated heterocycles. The summed E-state index contributed by atoms with van der Waals surface area (Å²) in [5.41, 5.74) is 2.06. The highest BCUT2D eigenvalue weighted by molar-refractivity contribution is 5.70. The molecule has 0 amide bonds. The molecular formula is C17H18N2O2. The summed E-state index contributed by atoms with van der Waals surface area (Å²) >= 11 is 0. The van der Waals surface area contributed by atoms with Crippen LogP contribution in [0.2, 0.25) is 0 Å². The number of aromatic nitrogens is 1. The second-order valence-electron chi connectivity index (χ2n) is 5.36. The van der Waals surface area contributed by atoms with E-state index < -0.39 is 5.97 Å². The fraction of sp³-hybridized carbons (Fsp3) is 0.294. The topological polar surface area (TPSA) is 53.4 Å². The highest BCUT2D eigenvalue weighted by Crippen LogP contribution is 2.36. The third-order valence-corrected chi connectivity index (χ3v) is 4.07. The average Bonchev–Trinajstić information content (AvgIpc) is 2.56. The molecule has 1 aliphatic heterocycles. The van der Waals surface area contributed by atoms with E-state index >= 15 is 0 Å². The molecule has 1 N–H and O–H groups in total. The molecule has 0 saturated carbocycles. The number of carbonyl (C=O) groups is 1. The number of piperidine rings is 1. The first kappa shape index (κ1) is 13.6. The SMILES string of the molecule is O=C(O)C1CCN(c2ccccc2)C(c2ccccn2)C1. The van der Waals surface area contributed by atoms with E-state index in [9.17, 15) is 9.90 Å². The van der Waals surface area contributed by atoms with E-state index in [2.05, 4.69) is 22.0 Å². The van der Waals surface area contributed by atoms with Crippen LogP contribution in [0, 0.1) is 5.92 Å². The highest BCUT2D eigenvalue weighted by atomic mass is 16.4. The summed E-state index contributed by atoms with van der Waals surface area (Å²) in [6, 6.07) is 16.0. The lowest BCUT2D eigenvalue weighted by molar-refractivity contribution is -0.142. The van der Waals surface area contributed by atoms with Gasteiger partial charge in [-0.2, -0.15) is 0 Å². The van der Waals surface area contributed by atoms with E-state index in [1.54, 1.807) is 6.20 Å². The van der Waals surface area contributed by atoms with Gasteiger partial charge in [-0.05, 0) is 37.1 Å². The van der Waals surface area contributed by atoms with E-state index in [0.717, 1.165) is 17.9 Å². The molecule has 1 aromatic heterocycles. The van der Waals surface area contributed by atoms with Crippen LogP contribution in [0.15, 0.2) is 54.7 Å². The number of nitrogens with zero attached hydrogens (tertiary/aromatic N) is 2. The van der Waals surface area contributed by atoms with Gasteiger partial charge >= 0.3 is 5.97 Å². The van der Waals surface area contributed by atoms with Crippen molar-refractivity contribution in [1.82, 2.24) is 4.98 Å². The zero-order valence-electron chi connectivity index (χ0n) is 11.7. The number of carboxylic acid groups (broad SMARTS) is 1. The van der Waals surface area contributed by atoms with Crippen LogP contribution in [0.3, 0.4) is 0 Å². The van der Waals surface area contributed by atoms with Crippen molar-refractivity contribution < 1.29 is 9.90 Å². The molecule has 0 radical (unpaired) electrons. The number of pyridine rings is 1. The monoisotopic (exact) mass is 282 g/mol. The Morgan fingerprint density at radius 2 is 1.90 bits per heavy atom. The van der Waals surface area contributed by atoms with Crippen molar-refractivity contribution in [3.63, 3.8) is 0 Å². The van der Waals surface area contributed by atoms with Crippen LogP contribution in [-0.2, 0) is 4.79 Å². The number of anilines is 1. The summed E-state index contributed by atoms with van der Waals surface area (Å²) in [7, 11) is 0. The minimum absolute atomic E-state index is 0.0171. The minimum atomic E-state index is -0.705. The highest BCUT2D eigenvalue weighted by Gasteiger charge is 2.33. The molecule has 2 heterocycles. The lowest BCUT2D eigenvalue weighted by atomic mass is 9.88. The number of aliphatic carboxylic acids is 1. The van der Waals surface area contributed by atoms with Crippen LogP contribution in [0.25, 0.3) is 0 Å². The van der Waals surface area contributed by atoms with Crippen molar-refractivity contribution in [2.75, 3.05) is 11.4 Å². The summed E-state index contributed by atoms with van der Waals surface area (Å²) in [6.45, 7) is 0.738. The third-order valence-electron chi connectivity index (χ3n) is 4.07. The summed E-state index contributed by atoms with van der Waals surface area (Å²) in [5, 5.41) is 9.32. The van der Waals surface area contributed by atoms with E-state index in [0.29, 0.717) is 12.8 Å². The van der Waals surface area contributed by atoms with Gasteiger partial charge in [-0.3, -0.25) is 9.78 Å². The smallest absolute Gasteiger partial charge is 0.306 e. The molecule has 2 unspecified atom stereocenters. The van der Waals surface area contributed by atoms with Gasteiger partial charge in [0.25, 0.3) is 0 Å². The quantitative estimate of drug-likeness (QED) is 0.939. The fourth-order valence-electron chi connectivity index (χ4n) is 2.97. The van der Waals surface area contributed by atoms with Crippen LogP contribution in [0.1, 0.15) is 24.6 Å². The van der Waals surface area contributed by atoms with Crippen molar-refractivity contribution in [2.45, 2.75) is 18.9 Å². The molecule has 0 spiro atoms. The molecule has 0 bridgehead atoms. The largest absolute Gasteiger partial charge is 0.481 e. The van der Waals surface area contributed by atoms with Gasteiger partial charge in [0, 0.05) is 18.4 Å². The van der Waals surface area contributed by atoms with Gasteiger partial charge in [0.15, 0.2) is 0 Å². The van der Waals surface area contributed by atoms with E-state index in [1.807, 2.05) is 36.4 Å². The Kier molecular flexibility index (Phi) is 3.86. The minimum Gasteiger partial charge on any atom is -0.481 e. The maximum Gasteiger partial charge on any atom is 0.306 e. The Labute approximate surface area is 124 Å². The second kappa shape index (κ2) is 5.95. The van der Waals surface area contributed by atoms with Gasteiger partial charge in [0.05, 0.1) is 17.7 Å². The zero-order valence-corrected chi connectivity index (χ0v) is 11.7. The predicted molar refractivity (Wildman–Crippen MR) is 81.1 cm³/mol. The normalized spacial score (nSPS) is 22.0. The van der Waals surface area contributed by atoms with Gasteiger partial charge in [-0.1, -0.05) is 24.3 Å². The zero-order chi connectivity index (χ0) is 14.7. The number of para-hydroxylation sites is 1. The van der Waals surface area contributed by atoms with Crippen molar-refractivity contribution in [2.24, 2.45) is 5.92 Å². The number of hydrogen-bond donors (Lipinski definition) is 1. The molecule has 21 heavy (non-hydrogen) atoms. The van der Waals surface area contributed by atoms with Gasteiger partial charge < -0.3 is 10.0 Å². The summed E-state index contributed by atoms with van der Waals surface area (Å²) < 4.78 is 0. The summed E-state index contributed by atoms with van der Waals surface area (Å²) in [6.07, 6.45) is 3.04. The molecule has 2 atom stereocenters. The Bertz CT molecular complexity index is 601. The van der Waals surface area contributed by atoms with Crippen LogP contribution < -0.4 is 4.90 Å². The molecule has 1 aromatic carbocycles. The Morgan fingerprint density at radius 3 is 2.57 bits per heavy atom. The first-order valence-corrected chi connectivity index (χ1v) is 7.21. The molecule has 1 aliphatic rings. The van der Waals surface area contributed by atoms with E-state index in [4.69, 9.17) is 0 Å². The Hall–Kier alpha value is -2.36. The molecular weight excluding hydrogens is 264 g/mol. The fourth-order valence-corrected chi connectivity index (χ4v) is 2.97. The number of carboxylic acids is 1. The van der Waals surface area contributed by atoms with Gasteiger partial charge in [-0.25, -0.2) is 0 Å². The van der Waals surface area contributed by atoms with Crippen LogP contribution >= 0.6 is 0 Å². The molecule has 108 valence electrons. The van der Waals surface area contributed by atoms with Crippen molar-refractivity contribution in [1.29, 1.82) is 0 Å². The molecule has 0 aliphatic carbocycles. The molecule has 2 aromatic rings. The maximum absolute atomic E-state index is 11.3. The van der Waals surface area contributed by atoms with Crippen LogP contribution in [-0.4, -0.2) is 22.6 Å². The Balaban J connectivity index is 1.93. The third kappa shape index (κ3) is 2.89. The van der Waals surface area contributed by atoms with Gasteiger partial charge in [-0.15, -0.1) is 0 Å². The van der Waals surface area contributed by atoms with Crippen LogP contribution in [0.4, 0.5) is 5.69 Å².